The molecule has 5 radical (unpaired) electrons. The van der Waals surface area contributed by atoms with Crippen LogP contribution in [0.25, 0.3) is 124 Å². The number of rotatable bonds is 11. The Morgan fingerprint density at radius 1 is 0.148 bits per heavy atom. The van der Waals surface area contributed by atoms with Crippen LogP contribution in [0.5, 0.6) is 0 Å². The number of benzene rings is 11. The van der Waals surface area contributed by atoms with E-state index < -0.39 is 0 Å². The predicted octanol–water partition coefficient (Wildman–Crippen LogP) is 27.2. The van der Waals surface area contributed by atoms with Crippen LogP contribution >= 0.6 is 0 Å². The van der Waals surface area contributed by atoms with Gasteiger partial charge in [0.1, 0.15) is 0 Å². The molecule has 9 heterocycles. The largest absolute Gasteiger partial charge is 0.305 e. The van der Waals surface area contributed by atoms with Crippen molar-refractivity contribution in [3.8, 4) is 124 Å². The van der Waals surface area contributed by atoms with Crippen molar-refractivity contribution in [3.63, 3.8) is 0 Å². The number of aryl methyl sites for hydroxylation is 3. The third-order valence-electron chi connectivity index (χ3n) is 18.0. The summed E-state index contributed by atoms with van der Waals surface area (Å²) in [5, 5.41) is 0. The van der Waals surface area contributed by atoms with Crippen molar-refractivity contribution in [2.24, 2.45) is 0 Å². The Morgan fingerprint density at radius 2 is 0.414 bits per heavy atom. The fraction of sp³-hybridized carbons (Fsp3) is 0.0263. The van der Waals surface area contributed by atoms with Crippen molar-refractivity contribution in [1.82, 2.24) is 44.9 Å². The molecule has 0 saturated carbocycles. The van der Waals surface area contributed by atoms with Crippen LogP contribution in [-0.4, -0.2) is 44.9 Å². The molecule has 0 bridgehead atoms. The van der Waals surface area contributed by atoms with Gasteiger partial charge in [0.25, 0.3) is 0 Å². The first-order valence-corrected chi connectivity index (χ1v) is 40.0. The van der Waals surface area contributed by atoms with Gasteiger partial charge in [0, 0.05) is 156 Å². The van der Waals surface area contributed by atoms with Gasteiger partial charge in [-0.2, -0.15) is 0 Å². The molecule has 0 saturated heterocycles. The van der Waals surface area contributed by atoms with Gasteiger partial charge in [-0.05, 0) is 118 Å². The monoisotopic (exact) mass is 2550 g/mol. The topological polar surface area (TPSA) is 116 Å². The molecule has 14 heteroatoms. The summed E-state index contributed by atoms with van der Waals surface area (Å²) in [6.45, 7) is 6.19. The molecule has 9 aromatic heterocycles. The van der Waals surface area contributed by atoms with Crippen LogP contribution in [0.1, 0.15) is 16.7 Å². The van der Waals surface area contributed by atoms with Crippen molar-refractivity contribution in [2.75, 3.05) is 0 Å². The zero-order valence-electron chi connectivity index (χ0n) is 70.1. The molecular weight excluding hydrogens is 2460 g/mol. The number of pyridine rings is 9. The average molecular weight is 2540 g/mol. The molecule has 0 fully saturated rings. The van der Waals surface area contributed by atoms with Gasteiger partial charge >= 0.3 is 0 Å². The molecule has 641 valence electrons. The van der Waals surface area contributed by atoms with Crippen molar-refractivity contribution in [1.29, 1.82) is 0 Å². The molecule has 0 aliphatic heterocycles. The van der Waals surface area contributed by atoms with E-state index in [0.717, 1.165) is 101 Å². The second-order valence-corrected chi connectivity index (χ2v) is 27.1. The van der Waals surface area contributed by atoms with Crippen LogP contribution in [-0.2, 0) is 101 Å². The third kappa shape index (κ3) is 35.1. The molecule has 0 spiro atoms. The number of hydrogen-bond donors (Lipinski definition) is 0. The molecular formula is C114H86Ir5N9-9. The van der Waals surface area contributed by atoms with Crippen molar-refractivity contribution in [3.05, 3.63) is 540 Å². The van der Waals surface area contributed by atoms with Gasteiger partial charge in [-0.3, -0.25) is 0 Å². The van der Waals surface area contributed by atoms with Crippen molar-refractivity contribution < 1.29 is 101 Å². The zero-order valence-corrected chi connectivity index (χ0v) is 82.1. The Hall–Kier alpha value is -13.0. The Kier molecular flexibility index (Phi) is 47.1. The van der Waals surface area contributed by atoms with Gasteiger partial charge in [0.05, 0.1) is 0 Å². The fourth-order valence-electron chi connectivity index (χ4n) is 11.8. The Bertz CT molecular complexity index is 5600. The maximum absolute atomic E-state index is 4.35. The molecule has 0 atom stereocenters. The van der Waals surface area contributed by atoms with E-state index in [-0.39, 0.29) is 101 Å². The molecule has 0 N–H and O–H groups in total. The van der Waals surface area contributed by atoms with E-state index in [2.05, 4.69) is 187 Å². The maximum atomic E-state index is 4.35. The summed E-state index contributed by atoms with van der Waals surface area (Å²) in [5.41, 5.74) is 26.6. The minimum absolute atomic E-state index is 0. The Balaban J connectivity index is 0.000000197. The molecule has 0 aliphatic carbocycles. The number of aromatic nitrogens is 9. The van der Waals surface area contributed by atoms with E-state index in [4.69, 9.17) is 0 Å². The van der Waals surface area contributed by atoms with Crippen LogP contribution in [0, 0.1) is 75.4 Å². The minimum atomic E-state index is 0. The van der Waals surface area contributed by atoms with Crippen LogP contribution in [0.2, 0.25) is 0 Å². The van der Waals surface area contributed by atoms with E-state index in [0.29, 0.717) is 0 Å². The Morgan fingerprint density at radius 3 is 0.703 bits per heavy atom. The third-order valence-corrected chi connectivity index (χ3v) is 18.0. The van der Waals surface area contributed by atoms with Gasteiger partial charge in [-0.15, -0.1) is 315 Å². The van der Waals surface area contributed by atoms with E-state index >= 15 is 0 Å². The van der Waals surface area contributed by atoms with Crippen molar-refractivity contribution in [2.45, 2.75) is 20.8 Å². The average Bonchev–Trinajstić information content (AvgIpc) is 0.835. The molecule has 20 aromatic rings. The Labute approximate surface area is 821 Å². The van der Waals surface area contributed by atoms with E-state index in [1.165, 1.54) is 38.9 Å². The van der Waals surface area contributed by atoms with Gasteiger partial charge < -0.3 is 44.9 Å². The van der Waals surface area contributed by atoms with Gasteiger partial charge in [0.2, 0.25) is 0 Å². The number of nitrogens with zero attached hydrogens (tertiary/aromatic N) is 9. The first-order chi connectivity index (χ1) is 60.8. The van der Waals surface area contributed by atoms with Crippen LogP contribution in [0.3, 0.4) is 0 Å². The molecule has 0 aliphatic rings. The van der Waals surface area contributed by atoms with E-state index in [1.807, 2.05) is 352 Å². The summed E-state index contributed by atoms with van der Waals surface area (Å²) in [6, 6.07) is 164. The second-order valence-electron chi connectivity index (χ2n) is 27.1. The minimum Gasteiger partial charge on any atom is -0.305 e. The summed E-state index contributed by atoms with van der Waals surface area (Å²) in [7, 11) is 0. The molecule has 0 amide bonds. The van der Waals surface area contributed by atoms with Crippen molar-refractivity contribution >= 4 is 0 Å². The van der Waals surface area contributed by atoms with Crippen LogP contribution < -0.4 is 0 Å². The number of hydrogen-bond acceptors (Lipinski definition) is 9. The smallest absolute Gasteiger partial charge is 0.0163 e. The normalized spacial score (nSPS) is 9.52. The quantitative estimate of drug-likeness (QED) is 0.117. The van der Waals surface area contributed by atoms with E-state index in [9.17, 15) is 0 Å². The maximum Gasteiger partial charge on any atom is 0.0163 e. The first kappa shape index (κ1) is 102. The summed E-state index contributed by atoms with van der Waals surface area (Å²) in [4.78, 5) is 38.3. The molecule has 11 aromatic carbocycles. The molecule has 128 heavy (non-hydrogen) atoms. The van der Waals surface area contributed by atoms with E-state index in [1.54, 1.807) is 49.6 Å². The summed E-state index contributed by atoms with van der Waals surface area (Å²) < 4.78 is 0. The van der Waals surface area contributed by atoms with Crippen LogP contribution in [0.4, 0.5) is 0 Å². The molecule has 20 rings (SSSR count). The zero-order chi connectivity index (χ0) is 84.6. The summed E-state index contributed by atoms with van der Waals surface area (Å²) in [5.74, 6) is 0. The standard InChI is InChI=1S/2C17H12N.3C12H10N.4C11H8N.5Ir/c1-2-7-14(8-3-1)15-9-6-10-16(13-15)17-11-4-5-12-18-17;1-2-6-14(7-3-1)15-9-11-16(12-10-15)17-8-4-5-13-18-17;1-10-5-4-6-11(9-10)12-7-2-3-8-13-12;1-10-5-7-11(8-6-10)12-4-2-3-9-13-12;1-10-7-8-13-12(9-10)11-5-3-2-4-6-11;4*1-2-6-10(7-3-1)11-8-4-5-9-12-11;;;;;/h1-9,11-13H;1-11,13H;2-5,7-9H,1H3;2-7,9H,1H3;2-5,7-9H,1H3;4*1-6,8-9H;;;;;/q9*-1;;;;;. The molecule has 0 unspecified atom stereocenters. The molecule has 9 nitrogen and oxygen atoms in total. The summed E-state index contributed by atoms with van der Waals surface area (Å²) >= 11 is 0. The van der Waals surface area contributed by atoms with Crippen LogP contribution in [0.15, 0.2) is 468 Å². The van der Waals surface area contributed by atoms with Gasteiger partial charge in [-0.25, -0.2) is 0 Å². The van der Waals surface area contributed by atoms with Gasteiger partial charge in [0.15, 0.2) is 0 Å². The first-order valence-electron chi connectivity index (χ1n) is 40.0. The summed E-state index contributed by atoms with van der Waals surface area (Å²) in [6.07, 6.45) is 16.2. The van der Waals surface area contributed by atoms with Gasteiger partial charge in [-0.1, -0.05) is 194 Å². The fourth-order valence-corrected chi connectivity index (χ4v) is 11.8. The second kappa shape index (κ2) is 59.1. The predicted molar refractivity (Wildman–Crippen MR) is 502 cm³/mol. The SMILES string of the molecule is Cc1c[c-]c(-c2ccccn2)cc1.Cc1cc[c-]c(-c2ccccn2)c1.Cc1ccnc(-c2[c-]cccc2)c1.[Ir].[Ir].[Ir].[Ir].[Ir].[c-]1cc(-c2ccccc2)ccc1-c1ccccn1.[c-]1ccc(-c2ccccc2)cc1-c1ccccn1.[c-]1ccccc1-c1ccccn1.[c-]1ccccc1-c1ccccn1.[c-]1ccccc1-c1ccccn1.[c-]1ccccc1-c1ccccn1.